The summed E-state index contributed by atoms with van der Waals surface area (Å²) in [5.41, 5.74) is 0.794. The third-order valence-electron chi connectivity index (χ3n) is 3.54. The average molecular weight is 249 g/mol. The summed E-state index contributed by atoms with van der Waals surface area (Å²) in [6, 6.07) is 3.20. The second kappa shape index (κ2) is 5.38. The van der Waals surface area contributed by atoms with Crippen molar-refractivity contribution in [2.75, 3.05) is 6.61 Å². The summed E-state index contributed by atoms with van der Waals surface area (Å²) in [5, 5.41) is 0. The van der Waals surface area contributed by atoms with Crippen LogP contribution in [0.5, 0.6) is 0 Å². The number of carbonyl (C=O) groups is 2. The maximum absolute atomic E-state index is 11.8. The van der Waals surface area contributed by atoms with Crippen LogP contribution in [0, 0.1) is 11.8 Å². The highest BCUT2D eigenvalue weighted by Gasteiger charge is 2.23. The predicted molar refractivity (Wildman–Crippen MR) is 67.6 cm³/mol. The van der Waals surface area contributed by atoms with Gasteiger partial charge in [-0.1, -0.05) is 13.3 Å². The quantitative estimate of drug-likeness (QED) is 0.659. The van der Waals surface area contributed by atoms with Crippen molar-refractivity contribution < 1.29 is 14.3 Å². The molecule has 98 valence electrons. The molecule has 0 aromatic carbocycles. The Kier molecular flexibility index (Phi) is 3.84. The molecule has 2 rings (SSSR count). The van der Waals surface area contributed by atoms with Crippen molar-refractivity contribution in [2.24, 2.45) is 11.8 Å². The SMILES string of the molecule is CC(=O)c1ccc(C(=O)OCC2CCC(C)C2)[nH]1. The first kappa shape index (κ1) is 12.9. The molecule has 0 amide bonds. The zero-order valence-corrected chi connectivity index (χ0v) is 10.9. The summed E-state index contributed by atoms with van der Waals surface area (Å²) < 4.78 is 5.27. The Morgan fingerprint density at radius 2 is 2.06 bits per heavy atom. The molecule has 1 aliphatic carbocycles. The van der Waals surface area contributed by atoms with Crippen LogP contribution in [0.1, 0.15) is 54.1 Å². The smallest absolute Gasteiger partial charge is 0.354 e. The van der Waals surface area contributed by atoms with Crippen LogP contribution in [-0.4, -0.2) is 23.3 Å². The number of ketones is 1. The number of ether oxygens (including phenoxy) is 1. The second-order valence-electron chi connectivity index (χ2n) is 5.22. The van der Waals surface area contributed by atoms with Gasteiger partial charge in [0.05, 0.1) is 12.3 Å². The first-order chi connectivity index (χ1) is 8.56. The predicted octanol–water partition coefficient (Wildman–Crippen LogP) is 2.81. The van der Waals surface area contributed by atoms with Crippen LogP contribution in [0.15, 0.2) is 12.1 Å². The van der Waals surface area contributed by atoms with Gasteiger partial charge in [0.2, 0.25) is 0 Å². The van der Waals surface area contributed by atoms with Crippen molar-refractivity contribution in [3.05, 3.63) is 23.5 Å². The Hall–Kier alpha value is -1.58. The molecule has 1 saturated carbocycles. The number of esters is 1. The highest BCUT2D eigenvalue weighted by Crippen LogP contribution is 2.30. The topological polar surface area (TPSA) is 59.2 Å². The molecule has 4 nitrogen and oxygen atoms in total. The third-order valence-corrected chi connectivity index (χ3v) is 3.54. The van der Waals surface area contributed by atoms with E-state index in [0.29, 0.717) is 23.9 Å². The highest BCUT2D eigenvalue weighted by atomic mass is 16.5. The minimum absolute atomic E-state index is 0.0846. The lowest BCUT2D eigenvalue weighted by Gasteiger charge is -2.09. The molecule has 18 heavy (non-hydrogen) atoms. The van der Waals surface area contributed by atoms with E-state index in [0.717, 1.165) is 18.8 Å². The number of Topliss-reactive ketones (excluding diaryl/α,β-unsaturated/α-hetero) is 1. The standard InChI is InChI=1S/C14H19NO3/c1-9-3-4-11(7-9)8-18-14(17)13-6-5-12(15-13)10(2)16/h5-6,9,11,15H,3-4,7-8H2,1-2H3. The van der Waals surface area contributed by atoms with Crippen molar-refractivity contribution in [3.8, 4) is 0 Å². The van der Waals surface area contributed by atoms with Gasteiger partial charge in [0.1, 0.15) is 5.69 Å². The Bertz CT molecular complexity index is 450. The minimum atomic E-state index is -0.373. The zero-order chi connectivity index (χ0) is 13.1. The Balaban J connectivity index is 1.85. The molecule has 0 radical (unpaired) electrons. The van der Waals surface area contributed by atoms with E-state index in [4.69, 9.17) is 4.74 Å². The number of nitrogens with one attached hydrogen (secondary N) is 1. The van der Waals surface area contributed by atoms with E-state index in [-0.39, 0.29) is 11.8 Å². The molecule has 1 aromatic rings. The van der Waals surface area contributed by atoms with Gasteiger partial charge in [-0.25, -0.2) is 4.79 Å². The van der Waals surface area contributed by atoms with E-state index in [2.05, 4.69) is 11.9 Å². The van der Waals surface area contributed by atoms with Crippen LogP contribution < -0.4 is 0 Å². The molecule has 1 aromatic heterocycles. The average Bonchev–Trinajstić information content (AvgIpc) is 2.94. The van der Waals surface area contributed by atoms with Gasteiger partial charge in [-0.05, 0) is 36.8 Å². The zero-order valence-electron chi connectivity index (χ0n) is 10.9. The summed E-state index contributed by atoms with van der Waals surface area (Å²) >= 11 is 0. The molecule has 1 aliphatic rings. The maximum Gasteiger partial charge on any atom is 0.354 e. The van der Waals surface area contributed by atoms with E-state index >= 15 is 0 Å². The first-order valence-corrected chi connectivity index (χ1v) is 6.43. The maximum atomic E-state index is 11.8. The Morgan fingerprint density at radius 1 is 1.33 bits per heavy atom. The summed E-state index contributed by atoms with van der Waals surface area (Å²) in [6.45, 7) is 4.17. The summed E-state index contributed by atoms with van der Waals surface area (Å²) in [6.07, 6.45) is 3.49. The lowest BCUT2D eigenvalue weighted by atomic mass is 10.1. The molecule has 2 unspecified atom stereocenters. The fourth-order valence-corrected chi connectivity index (χ4v) is 2.47. The van der Waals surface area contributed by atoms with Crippen molar-refractivity contribution in [3.63, 3.8) is 0 Å². The lowest BCUT2D eigenvalue weighted by Crippen LogP contribution is -2.13. The molecule has 1 fully saturated rings. The molecular weight excluding hydrogens is 230 g/mol. The summed E-state index contributed by atoms with van der Waals surface area (Å²) in [5.74, 6) is 0.774. The summed E-state index contributed by atoms with van der Waals surface area (Å²) in [4.78, 5) is 25.6. The fourth-order valence-electron chi connectivity index (χ4n) is 2.47. The fraction of sp³-hybridized carbons (Fsp3) is 0.571. The largest absolute Gasteiger partial charge is 0.461 e. The van der Waals surface area contributed by atoms with Gasteiger partial charge < -0.3 is 9.72 Å². The minimum Gasteiger partial charge on any atom is -0.461 e. The van der Waals surface area contributed by atoms with Gasteiger partial charge in [-0.2, -0.15) is 0 Å². The molecule has 0 saturated heterocycles. The molecule has 0 bridgehead atoms. The number of hydrogen-bond donors (Lipinski definition) is 1. The molecule has 0 aliphatic heterocycles. The van der Waals surface area contributed by atoms with E-state index < -0.39 is 0 Å². The third kappa shape index (κ3) is 3.00. The molecule has 0 spiro atoms. The number of aromatic nitrogens is 1. The van der Waals surface area contributed by atoms with E-state index in [9.17, 15) is 9.59 Å². The van der Waals surface area contributed by atoms with Crippen LogP contribution in [0.4, 0.5) is 0 Å². The van der Waals surface area contributed by atoms with E-state index in [1.807, 2.05) is 0 Å². The number of carbonyl (C=O) groups excluding carboxylic acids is 2. The van der Waals surface area contributed by atoms with Gasteiger partial charge >= 0.3 is 5.97 Å². The van der Waals surface area contributed by atoms with Gasteiger partial charge in [-0.15, -0.1) is 0 Å². The van der Waals surface area contributed by atoms with Crippen molar-refractivity contribution in [1.29, 1.82) is 0 Å². The van der Waals surface area contributed by atoms with E-state index in [1.54, 1.807) is 12.1 Å². The van der Waals surface area contributed by atoms with Crippen LogP contribution in [-0.2, 0) is 4.74 Å². The number of rotatable bonds is 4. The van der Waals surface area contributed by atoms with Gasteiger partial charge in [0, 0.05) is 6.92 Å². The van der Waals surface area contributed by atoms with Crippen molar-refractivity contribution in [2.45, 2.75) is 33.1 Å². The molecule has 1 N–H and O–H groups in total. The summed E-state index contributed by atoms with van der Waals surface area (Å²) in [7, 11) is 0. The normalized spacial score (nSPS) is 23.0. The molecular formula is C14H19NO3. The van der Waals surface area contributed by atoms with Crippen LogP contribution >= 0.6 is 0 Å². The number of H-pyrrole nitrogens is 1. The monoisotopic (exact) mass is 249 g/mol. The highest BCUT2D eigenvalue weighted by molar-refractivity contribution is 5.95. The van der Waals surface area contributed by atoms with Crippen LogP contribution in [0.25, 0.3) is 0 Å². The van der Waals surface area contributed by atoms with E-state index in [1.165, 1.54) is 13.3 Å². The second-order valence-corrected chi connectivity index (χ2v) is 5.22. The molecule has 1 heterocycles. The van der Waals surface area contributed by atoms with Crippen LogP contribution in [0.3, 0.4) is 0 Å². The molecule has 4 heteroatoms. The molecule has 2 atom stereocenters. The first-order valence-electron chi connectivity index (χ1n) is 6.43. The number of hydrogen-bond acceptors (Lipinski definition) is 3. The van der Waals surface area contributed by atoms with Gasteiger partial charge in [-0.3, -0.25) is 4.79 Å². The number of aromatic amines is 1. The van der Waals surface area contributed by atoms with Crippen molar-refractivity contribution in [1.82, 2.24) is 4.98 Å². The van der Waals surface area contributed by atoms with Crippen LogP contribution in [0.2, 0.25) is 0 Å². The lowest BCUT2D eigenvalue weighted by molar-refractivity contribution is 0.0434. The van der Waals surface area contributed by atoms with Gasteiger partial charge in [0.15, 0.2) is 5.78 Å². The van der Waals surface area contributed by atoms with Gasteiger partial charge in [0.25, 0.3) is 0 Å². The Morgan fingerprint density at radius 3 is 2.61 bits per heavy atom. The van der Waals surface area contributed by atoms with Crippen molar-refractivity contribution >= 4 is 11.8 Å². The Labute approximate surface area is 107 Å².